The first kappa shape index (κ1) is 16.8. The summed E-state index contributed by atoms with van der Waals surface area (Å²) >= 11 is 0. The summed E-state index contributed by atoms with van der Waals surface area (Å²) in [6.07, 6.45) is 0. The van der Waals surface area contributed by atoms with Crippen LogP contribution < -0.4 is 14.8 Å². The molecule has 0 aliphatic carbocycles. The fraction of sp³-hybridized carbons (Fsp3) is 0.190. The summed E-state index contributed by atoms with van der Waals surface area (Å²) in [6.45, 7) is 4.87. The molecule has 0 aromatic heterocycles. The zero-order valence-electron chi connectivity index (χ0n) is 14.4. The predicted molar refractivity (Wildman–Crippen MR) is 101 cm³/mol. The summed E-state index contributed by atoms with van der Waals surface area (Å²) in [5.41, 5.74) is 1.31. The summed E-state index contributed by atoms with van der Waals surface area (Å²) in [7, 11) is 0. The number of hydrogen-bond donors (Lipinski definition) is 1. The number of benzene rings is 3. The van der Waals surface area contributed by atoms with Crippen molar-refractivity contribution in [2.24, 2.45) is 0 Å². The maximum atomic E-state index is 12.7. The SMILES string of the molecule is CCOc1ccc(C(=O)Nc2cccc3ccccc23)cc1OCC. The summed E-state index contributed by atoms with van der Waals surface area (Å²) in [5, 5.41) is 5.08. The highest BCUT2D eigenvalue weighted by Gasteiger charge is 2.12. The maximum absolute atomic E-state index is 12.7. The molecule has 0 heterocycles. The molecule has 3 aromatic rings. The van der Waals surface area contributed by atoms with Crippen molar-refractivity contribution in [2.75, 3.05) is 18.5 Å². The van der Waals surface area contributed by atoms with Gasteiger partial charge >= 0.3 is 0 Å². The molecule has 1 N–H and O–H groups in total. The highest BCUT2D eigenvalue weighted by molar-refractivity contribution is 6.09. The highest BCUT2D eigenvalue weighted by atomic mass is 16.5. The third-order valence-electron chi connectivity index (χ3n) is 3.84. The lowest BCUT2D eigenvalue weighted by Crippen LogP contribution is -2.12. The fourth-order valence-corrected chi connectivity index (χ4v) is 2.72. The van der Waals surface area contributed by atoms with E-state index in [9.17, 15) is 4.79 Å². The standard InChI is InChI=1S/C21H21NO3/c1-3-24-19-13-12-16(14-20(19)25-4-2)21(23)22-18-11-7-9-15-8-5-6-10-17(15)18/h5-14H,3-4H2,1-2H3,(H,22,23). The number of fused-ring (bicyclic) bond motifs is 1. The van der Waals surface area contributed by atoms with Crippen LogP contribution in [0, 0.1) is 0 Å². The van der Waals surface area contributed by atoms with E-state index in [1.54, 1.807) is 18.2 Å². The number of hydrogen-bond acceptors (Lipinski definition) is 3. The van der Waals surface area contributed by atoms with Crippen LogP contribution in [0.4, 0.5) is 5.69 Å². The molecule has 3 rings (SSSR count). The number of anilines is 1. The first-order valence-electron chi connectivity index (χ1n) is 8.41. The number of rotatable bonds is 6. The van der Waals surface area contributed by atoms with Gasteiger partial charge in [-0.15, -0.1) is 0 Å². The second kappa shape index (κ2) is 7.71. The monoisotopic (exact) mass is 335 g/mol. The Morgan fingerprint density at radius 2 is 1.60 bits per heavy atom. The van der Waals surface area contributed by atoms with Crippen molar-refractivity contribution in [1.29, 1.82) is 0 Å². The van der Waals surface area contributed by atoms with Crippen LogP contribution in [-0.2, 0) is 0 Å². The topological polar surface area (TPSA) is 47.6 Å². The molecule has 128 valence electrons. The summed E-state index contributed by atoms with van der Waals surface area (Å²) in [6, 6.07) is 19.0. The molecule has 0 spiro atoms. The van der Waals surface area contributed by atoms with Gasteiger partial charge in [0.15, 0.2) is 11.5 Å². The minimum absolute atomic E-state index is 0.180. The van der Waals surface area contributed by atoms with Gasteiger partial charge in [0.25, 0.3) is 5.91 Å². The van der Waals surface area contributed by atoms with E-state index in [2.05, 4.69) is 5.32 Å². The summed E-state index contributed by atoms with van der Waals surface area (Å²) < 4.78 is 11.1. The van der Waals surface area contributed by atoms with Crippen LogP contribution >= 0.6 is 0 Å². The van der Waals surface area contributed by atoms with Crippen LogP contribution in [-0.4, -0.2) is 19.1 Å². The average molecular weight is 335 g/mol. The molecule has 4 nitrogen and oxygen atoms in total. The van der Waals surface area contributed by atoms with E-state index in [0.29, 0.717) is 30.3 Å². The maximum Gasteiger partial charge on any atom is 0.255 e. The van der Waals surface area contributed by atoms with Crippen molar-refractivity contribution in [2.45, 2.75) is 13.8 Å². The zero-order valence-corrected chi connectivity index (χ0v) is 14.4. The third kappa shape index (κ3) is 3.74. The Morgan fingerprint density at radius 3 is 2.40 bits per heavy atom. The first-order valence-corrected chi connectivity index (χ1v) is 8.41. The molecule has 0 fully saturated rings. The molecule has 1 amide bonds. The lowest BCUT2D eigenvalue weighted by Gasteiger charge is -2.13. The van der Waals surface area contributed by atoms with Crippen molar-refractivity contribution < 1.29 is 14.3 Å². The van der Waals surface area contributed by atoms with Gasteiger partial charge in [-0.3, -0.25) is 4.79 Å². The normalized spacial score (nSPS) is 10.5. The fourth-order valence-electron chi connectivity index (χ4n) is 2.72. The predicted octanol–water partition coefficient (Wildman–Crippen LogP) is 4.89. The van der Waals surface area contributed by atoms with Crippen LogP contribution in [0.2, 0.25) is 0 Å². The molecule has 25 heavy (non-hydrogen) atoms. The minimum atomic E-state index is -0.180. The smallest absolute Gasteiger partial charge is 0.255 e. The minimum Gasteiger partial charge on any atom is -0.490 e. The lowest BCUT2D eigenvalue weighted by atomic mass is 10.1. The Hall–Kier alpha value is -3.01. The Morgan fingerprint density at radius 1 is 0.880 bits per heavy atom. The van der Waals surface area contributed by atoms with Crippen LogP contribution in [0.15, 0.2) is 60.7 Å². The van der Waals surface area contributed by atoms with Gasteiger partial charge in [0, 0.05) is 16.6 Å². The molecule has 0 radical (unpaired) electrons. The van der Waals surface area contributed by atoms with Crippen molar-refractivity contribution in [3.05, 3.63) is 66.2 Å². The van der Waals surface area contributed by atoms with E-state index in [-0.39, 0.29) is 5.91 Å². The van der Waals surface area contributed by atoms with Gasteiger partial charge in [-0.1, -0.05) is 36.4 Å². The number of amides is 1. The molecule has 0 saturated heterocycles. The van der Waals surface area contributed by atoms with E-state index in [4.69, 9.17) is 9.47 Å². The Labute approximate surface area is 147 Å². The quantitative estimate of drug-likeness (QED) is 0.698. The molecule has 0 atom stereocenters. The molecule has 0 saturated carbocycles. The van der Waals surface area contributed by atoms with Crippen LogP contribution in [0.5, 0.6) is 11.5 Å². The lowest BCUT2D eigenvalue weighted by molar-refractivity contribution is 0.102. The van der Waals surface area contributed by atoms with Crippen LogP contribution in [0.1, 0.15) is 24.2 Å². The molecule has 3 aromatic carbocycles. The van der Waals surface area contributed by atoms with E-state index in [0.717, 1.165) is 16.5 Å². The van der Waals surface area contributed by atoms with Gasteiger partial charge in [-0.2, -0.15) is 0 Å². The van der Waals surface area contributed by atoms with Crippen molar-refractivity contribution in [3.63, 3.8) is 0 Å². The second-order valence-corrected chi connectivity index (χ2v) is 5.51. The first-order chi connectivity index (χ1) is 12.2. The van der Waals surface area contributed by atoms with Crippen molar-refractivity contribution >= 4 is 22.4 Å². The summed E-state index contributed by atoms with van der Waals surface area (Å²) in [5.74, 6) is 1.04. The average Bonchev–Trinajstić information content (AvgIpc) is 2.64. The van der Waals surface area contributed by atoms with E-state index in [1.165, 1.54) is 0 Å². The van der Waals surface area contributed by atoms with E-state index in [1.807, 2.05) is 56.3 Å². The molecule has 4 heteroatoms. The van der Waals surface area contributed by atoms with Crippen LogP contribution in [0.3, 0.4) is 0 Å². The highest BCUT2D eigenvalue weighted by Crippen LogP contribution is 2.29. The molecule has 0 aliphatic heterocycles. The Balaban J connectivity index is 1.89. The van der Waals surface area contributed by atoms with Gasteiger partial charge in [0.05, 0.1) is 13.2 Å². The van der Waals surface area contributed by atoms with Gasteiger partial charge in [-0.05, 0) is 43.5 Å². The molecule has 0 bridgehead atoms. The number of nitrogens with one attached hydrogen (secondary N) is 1. The number of carbonyl (C=O) groups is 1. The Bertz CT molecular complexity index is 884. The second-order valence-electron chi connectivity index (χ2n) is 5.51. The largest absolute Gasteiger partial charge is 0.490 e. The Kier molecular flexibility index (Phi) is 5.19. The third-order valence-corrected chi connectivity index (χ3v) is 3.84. The van der Waals surface area contributed by atoms with Crippen LogP contribution in [0.25, 0.3) is 10.8 Å². The van der Waals surface area contributed by atoms with Crippen molar-refractivity contribution in [1.82, 2.24) is 0 Å². The van der Waals surface area contributed by atoms with E-state index < -0.39 is 0 Å². The summed E-state index contributed by atoms with van der Waals surface area (Å²) in [4.78, 5) is 12.7. The molecule has 0 unspecified atom stereocenters. The van der Waals surface area contributed by atoms with Gasteiger partial charge in [0.1, 0.15) is 0 Å². The van der Waals surface area contributed by atoms with Crippen molar-refractivity contribution in [3.8, 4) is 11.5 Å². The molecule has 0 aliphatic rings. The number of carbonyl (C=O) groups excluding carboxylic acids is 1. The van der Waals surface area contributed by atoms with E-state index >= 15 is 0 Å². The zero-order chi connectivity index (χ0) is 17.6. The molecular formula is C21H21NO3. The van der Waals surface area contributed by atoms with Gasteiger partial charge in [-0.25, -0.2) is 0 Å². The van der Waals surface area contributed by atoms with Gasteiger partial charge in [0.2, 0.25) is 0 Å². The molecular weight excluding hydrogens is 314 g/mol. The number of ether oxygens (including phenoxy) is 2. The van der Waals surface area contributed by atoms with Gasteiger partial charge < -0.3 is 14.8 Å².